The Bertz CT molecular complexity index is 2550. The fraction of sp³-hybridized carbons (Fsp3) is 0.0943. The zero-order valence-corrected chi connectivity index (χ0v) is 33.5. The van der Waals surface area contributed by atoms with Gasteiger partial charge in [-0.15, -0.1) is 0 Å². The Hall–Kier alpha value is -6.16. The van der Waals surface area contributed by atoms with Crippen LogP contribution in [-0.4, -0.2) is 14.9 Å². The van der Waals surface area contributed by atoms with E-state index < -0.39 is 8.07 Å². The topological polar surface area (TPSA) is 3.24 Å². The number of rotatable bonds is 5. The minimum atomic E-state index is -2.04. The molecule has 0 aromatic heterocycles. The Morgan fingerprint density at radius 1 is 0.393 bits per heavy atom. The molecule has 0 bridgehead atoms. The van der Waals surface area contributed by atoms with Crippen LogP contribution in [0.15, 0.2) is 194 Å². The van der Waals surface area contributed by atoms with E-state index in [9.17, 15) is 0 Å². The lowest BCUT2D eigenvalue weighted by molar-refractivity contribution is 0.635. The molecule has 0 radical (unpaired) electrons. The molecular formula is C53H44BNSi. The fourth-order valence-corrected chi connectivity index (χ4v) is 12.9. The molecule has 268 valence electrons. The van der Waals surface area contributed by atoms with Gasteiger partial charge in [-0.25, -0.2) is 0 Å². The lowest BCUT2D eigenvalue weighted by Gasteiger charge is -2.50. The van der Waals surface area contributed by atoms with Gasteiger partial charge < -0.3 is 4.81 Å². The Morgan fingerprint density at radius 2 is 0.732 bits per heavy atom. The van der Waals surface area contributed by atoms with Gasteiger partial charge in [-0.2, -0.15) is 0 Å². The second kappa shape index (κ2) is 13.3. The van der Waals surface area contributed by atoms with Gasteiger partial charge in [0.2, 0.25) is 0 Å². The number of benzene rings is 8. The molecule has 8 aromatic carbocycles. The number of hydrogen-bond donors (Lipinski definition) is 0. The zero-order chi connectivity index (χ0) is 38.0. The van der Waals surface area contributed by atoms with Crippen LogP contribution in [0, 0.1) is 0 Å². The van der Waals surface area contributed by atoms with E-state index >= 15 is 0 Å². The normalized spacial score (nSPS) is 14.6. The highest BCUT2D eigenvalue weighted by Crippen LogP contribution is 2.57. The standard InChI is InChI=1S/C53H44BNSi/c1-53(2)45-35-41(37-21-9-5-10-22-37)33-43(39-25-13-7-14-26-39)51(45)55(54-47-29-17-19-31-49(47)56(3,4)50-32-20-18-30-48(50)54)52-44(40-27-15-8-16-28-40)34-42(36-46(52)53)38-23-11-6-12-24-38/h5-36H,1-4H3. The molecule has 0 amide bonds. The third-order valence-electron chi connectivity index (χ3n) is 12.5. The van der Waals surface area contributed by atoms with Crippen LogP contribution in [0.1, 0.15) is 25.0 Å². The van der Waals surface area contributed by atoms with Crippen LogP contribution >= 0.6 is 0 Å². The summed E-state index contributed by atoms with van der Waals surface area (Å²) in [4.78, 5) is 2.78. The second-order valence-electron chi connectivity index (χ2n) is 16.5. The smallest absolute Gasteiger partial charge is 0.328 e. The molecule has 2 aliphatic rings. The average molecular weight is 734 g/mol. The van der Waals surface area contributed by atoms with Crippen molar-refractivity contribution in [2.75, 3.05) is 4.81 Å². The van der Waals surface area contributed by atoms with Crippen molar-refractivity contribution >= 4 is 47.6 Å². The van der Waals surface area contributed by atoms with Crippen LogP contribution in [0.4, 0.5) is 11.4 Å². The van der Waals surface area contributed by atoms with E-state index in [0.717, 1.165) is 0 Å². The number of hydrogen-bond acceptors (Lipinski definition) is 1. The maximum absolute atomic E-state index is 2.78. The molecule has 0 fully saturated rings. The predicted octanol–water partition coefficient (Wildman–Crippen LogP) is 11.1. The van der Waals surface area contributed by atoms with Crippen LogP contribution < -0.4 is 26.1 Å². The highest BCUT2D eigenvalue weighted by Gasteiger charge is 2.49. The quantitative estimate of drug-likeness (QED) is 0.159. The van der Waals surface area contributed by atoms with E-state index in [1.54, 1.807) is 0 Å². The summed E-state index contributed by atoms with van der Waals surface area (Å²) in [6.07, 6.45) is 0. The molecule has 10 rings (SSSR count). The van der Waals surface area contributed by atoms with Gasteiger partial charge in [-0.05, 0) is 68.8 Å². The van der Waals surface area contributed by atoms with Crippen molar-refractivity contribution in [3.8, 4) is 44.5 Å². The van der Waals surface area contributed by atoms with Crippen molar-refractivity contribution in [2.45, 2.75) is 32.4 Å². The van der Waals surface area contributed by atoms with E-state index in [2.05, 4.69) is 226 Å². The highest BCUT2D eigenvalue weighted by atomic mass is 28.3. The summed E-state index contributed by atoms with van der Waals surface area (Å²) >= 11 is 0. The summed E-state index contributed by atoms with van der Waals surface area (Å²) < 4.78 is 0. The van der Waals surface area contributed by atoms with E-state index in [-0.39, 0.29) is 12.3 Å². The number of nitrogens with zero attached hydrogens (tertiary/aromatic N) is 1. The summed E-state index contributed by atoms with van der Waals surface area (Å²) in [5, 5.41) is 3.03. The van der Waals surface area contributed by atoms with Gasteiger partial charge in [0, 0.05) is 27.9 Å². The van der Waals surface area contributed by atoms with Gasteiger partial charge in [-0.3, -0.25) is 0 Å². The first kappa shape index (κ1) is 34.3. The van der Waals surface area contributed by atoms with Crippen LogP contribution in [0.5, 0.6) is 0 Å². The molecule has 0 N–H and O–H groups in total. The number of anilines is 2. The van der Waals surface area contributed by atoms with Crippen molar-refractivity contribution in [1.29, 1.82) is 0 Å². The number of fused-ring (bicyclic) bond motifs is 4. The third-order valence-corrected chi connectivity index (χ3v) is 16.2. The molecule has 0 saturated carbocycles. The molecule has 0 atom stereocenters. The predicted molar refractivity (Wildman–Crippen MR) is 244 cm³/mol. The largest absolute Gasteiger partial charge is 0.375 e. The van der Waals surface area contributed by atoms with Crippen LogP contribution in [0.3, 0.4) is 0 Å². The van der Waals surface area contributed by atoms with Gasteiger partial charge >= 0.3 is 6.85 Å². The molecular weight excluding hydrogens is 689 g/mol. The molecule has 0 saturated heterocycles. The Balaban J connectivity index is 1.40. The zero-order valence-electron chi connectivity index (χ0n) is 32.5. The Labute approximate surface area is 333 Å². The van der Waals surface area contributed by atoms with Gasteiger partial charge in [0.05, 0.1) is 0 Å². The van der Waals surface area contributed by atoms with E-state index in [4.69, 9.17) is 0 Å². The Kier molecular flexibility index (Phi) is 8.13. The summed E-state index contributed by atoms with van der Waals surface area (Å²) in [6.45, 7) is 9.92. The first-order valence-corrected chi connectivity index (χ1v) is 22.9. The van der Waals surface area contributed by atoms with Gasteiger partial charge in [-0.1, -0.05) is 218 Å². The maximum Gasteiger partial charge on any atom is 0.328 e. The van der Waals surface area contributed by atoms with Gasteiger partial charge in [0.15, 0.2) is 0 Å². The second-order valence-corrected chi connectivity index (χ2v) is 20.8. The first-order chi connectivity index (χ1) is 27.3. The van der Waals surface area contributed by atoms with Gasteiger partial charge in [0.1, 0.15) is 8.07 Å². The fourth-order valence-electron chi connectivity index (χ4n) is 9.73. The third kappa shape index (κ3) is 5.37. The molecule has 8 aromatic rings. The SMILES string of the molecule is CC1(C)c2cc(-c3ccccc3)cc(-c3ccccc3)c2N(B2c3ccccc3[Si](C)(C)c3ccccc32)c2c(-c3ccccc3)cc(-c3ccccc3)cc21. The molecule has 56 heavy (non-hydrogen) atoms. The van der Waals surface area contributed by atoms with E-state index in [1.807, 2.05) is 0 Å². The van der Waals surface area contributed by atoms with Crippen molar-refractivity contribution < 1.29 is 0 Å². The van der Waals surface area contributed by atoms with Crippen molar-refractivity contribution in [2.24, 2.45) is 0 Å². The monoisotopic (exact) mass is 733 g/mol. The van der Waals surface area contributed by atoms with Crippen molar-refractivity contribution in [3.63, 3.8) is 0 Å². The van der Waals surface area contributed by atoms with Gasteiger partial charge in [0.25, 0.3) is 0 Å². The lowest BCUT2D eigenvalue weighted by atomic mass is 9.47. The first-order valence-electron chi connectivity index (χ1n) is 19.9. The molecule has 3 heteroatoms. The molecule has 2 aliphatic heterocycles. The summed E-state index contributed by atoms with van der Waals surface area (Å²) in [5.41, 5.74) is 17.6. The van der Waals surface area contributed by atoms with E-state index in [0.29, 0.717) is 0 Å². The summed E-state index contributed by atoms with van der Waals surface area (Å²) in [5.74, 6) is 0. The molecule has 0 unspecified atom stereocenters. The van der Waals surface area contributed by atoms with E-state index in [1.165, 1.54) is 88.3 Å². The minimum Gasteiger partial charge on any atom is -0.375 e. The van der Waals surface area contributed by atoms with Crippen molar-refractivity contribution in [1.82, 2.24) is 0 Å². The molecule has 2 heterocycles. The highest BCUT2D eigenvalue weighted by molar-refractivity contribution is 7.12. The maximum atomic E-state index is 2.78. The molecule has 0 aliphatic carbocycles. The van der Waals surface area contributed by atoms with Crippen molar-refractivity contribution in [3.05, 3.63) is 205 Å². The average Bonchev–Trinajstić information content (AvgIpc) is 3.25. The Morgan fingerprint density at radius 3 is 1.12 bits per heavy atom. The summed E-state index contributed by atoms with van der Waals surface area (Å²) in [6, 6.07) is 72.6. The van der Waals surface area contributed by atoms with Crippen LogP contribution in [-0.2, 0) is 5.41 Å². The molecule has 1 nitrogen and oxygen atoms in total. The van der Waals surface area contributed by atoms with Crippen LogP contribution in [0.2, 0.25) is 13.1 Å². The van der Waals surface area contributed by atoms with Crippen LogP contribution in [0.25, 0.3) is 44.5 Å². The lowest BCUT2D eigenvalue weighted by Crippen LogP contribution is -2.77. The minimum absolute atomic E-state index is 0.0494. The molecule has 0 spiro atoms. The summed E-state index contributed by atoms with van der Waals surface area (Å²) in [7, 11) is -2.04.